The van der Waals surface area contributed by atoms with Gasteiger partial charge in [0.05, 0.1) is 13.1 Å². The summed E-state index contributed by atoms with van der Waals surface area (Å²) in [6, 6.07) is 8.48. The standard InChI is InChI=1S/C19H24N2O3/c1-20-12-19(24-18(20)23)7-4-8-21(13-19)17(22)11-14-9-15-5-2-3-6-16(15)10-14/h2-3,5-6,14H,4,7-13H2,1H3/t19-/m1/s1. The second-order valence-electron chi connectivity index (χ2n) is 7.57. The lowest BCUT2D eigenvalue weighted by molar-refractivity contribution is -0.137. The summed E-state index contributed by atoms with van der Waals surface area (Å²) < 4.78 is 5.60. The molecule has 0 bridgehead atoms. The molecule has 2 saturated heterocycles. The highest BCUT2D eigenvalue weighted by Gasteiger charge is 2.47. The Labute approximate surface area is 142 Å². The Hall–Kier alpha value is -2.04. The van der Waals surface area contributed by atoms with Crippen LogP contribution >= 0.6 is 0 Å². The van der Waals surface area contributed by atoms with Crippen LogP contribution in [0.2, 0.25) is 0 Å². The van der Waals surface area contributed by atoms with Gasteiger partial charge in [-0.15, -0.1) is 0 Å². The molecule has 1 atom stereocenters. The van der Waals surface area contributed by atoms with E-state index in [4.69, 9.17) is 4.74 Å². The number of piperidine rings is 1. The molecule has 0 unspecified atom stereocenters. The van der Waals surface area contributed by atoms with E-state index >= 15 is 0 Å². The number of amides is 2. The summed E-state index contributed by atoms with van der Waals surface area (Å²) in [7, 11) is 1.76. The van der Waals surface area contributed by atoms with Gasteiger partial charge in [-0.25, -0.2) is 4.79 Å². The monoisotopic (exact) mass is 328 g/mol. The number of carbonyl (C=O) groups excluding carboxylic acids is 2. The Morgan fingerprint density at radius 2 is 1.96 bits per heavy atom. The van der Waals surface area contributed by atoms with E-state index in [9.17, 15) is 9.59 Å². The van der Waals surface area contributed by atoms with E-state index in [1.165, 1.54) is 11.1 Å². The predicted molar refractivity (Wildman–Crippen MR) is 89.6 cm³/mol. The van der Waals surface area contributed by atoms with Gasteiger partial charge in [0, 0.05) is 20.0 Å². The minimum atomic E-state index is -0.488. The van der Waals surface area contributed by atoms with Gasteiger partial charge in [-0.3, -0.25) is 4.79 Å². The van der Waals surface area contributed by atoms with Gasteiger partial charge in [0.25, 0.3) is 0 Å². The van der Waals surface area contributed by atoms with Crippen LogP contribution < -0.4 is 0 Å². The van der Waals surface area contributed by atoms with Crippen molar-refractivity contribution in [3.8, 4) is 0 Å². The molecule has 0 saturated carbocycles. The second-order valence-corrected chi connectivity index (χ2v) is 7.57. The van der Waals surface area contributed by atoms with Gasteiger partial charge in [0.2, 0.25) is 5.91 Å². The number of likely N-dealkylation sites (tertiary alicyclic amines) is 1. The zero-order valence-corrected chi connectivity index (χ0v) is 14.2. The maximum atomic E-state index is 12.8. The molecule has 1 aromatic rings. The lowest BCUT2D eigenvalue weighted by atomic mass is 9.91. The summed E-state index contributed by atoms with van der Waals surface area (Å²) in [5.74, 6) is 0.610. The fraction of sp³-hybridized carbons (Fsp3) is 0.579. The maximum Gasteiger partial charge on any atom is 0.410 e. The normalized spacial score (nSPS) is 26.8. The van der Waals surface area contributed by atoms with Crippen molar-refractivity contribution in [3.63, 3.8) is 0 Å². The molecule has 24 heavy (non-hydrogen) atoms. The average molecular weight is 328 g/mol. The molecule has 1 aliphatic carbocycles. The Bertz CT molecular complexity index is 649. The molecule has 0 radical (unpaired) electrons. The molecule has 5 heteroatoms. The van der Waals surface area contributed by atoms with Crippen molar-refractivity contribution < 1.29 is 14.3 Å². The summed E-state index contributed by atoms with van der Waals surface area (Å²) >= 11 is 0. The van der Waals surface area contributed by atoms with Crippen LogP contribution in [0.4, 0.5) is 4.79 Å². The van der Waals surface area contributed by atoms with Gasteiger partial charge in [0.15, 0.2) is 0 Å². The zero-order valence-electron chi connectivity index (χ0n) is 14.2. The van der Waals surface area contributed by atoms with E-state index in [-0.39, 0.29) is 12.0 Å². The number of likely N-dealkylation sites (N-methyl/N-ethyl adjacent to an activating group) is 1. The van der Waals surface area contributed by atoms with E-state index < -0.39 is 5.60 Å². The Balaban J connectivity index is 1.38. The van der Waals surface area contributed by atoms with Crippen LogP contribution in [-0.2, 0) is 22.4 Å². The van der Waals surface area contributed by atoms with Crippen molar-refractivity contribution in [2.24, 2.45) is 5.92 Å². The van der Waals surface area contributed by atoms with E-state index in [1.54, 1.807) is 11.9 Å². The summed E-state index contributed by atoms with van der Waals surface area (Å²) in [6.45, 7) is 1.91. The van der Waals surface area contributed by atoms with Gasteiger partial charge >= 0.3 is 6.09 Å². The minimum absolute atomic E-state index is 0.206. The third kappa shape index (κ3) is 2.76. The average Bonchev–Trinajstić information content (AvgIpc) is 3.07. The first kappa shape index (κ1) is 15.5. The maximum absolute atomic E-state index is 12.8. The number of fused-ring (bicyclic) bond motifs is 1. The number of hydrogen-bond acceptors (Lipinski definition) is 3. The van der Waals surface area contributed by atoms with Crippen LogP contribution in [0.1, 0.15) is 30.4 Å². The molecule has 128 valence electrons. The van der Waals surface area contributed by atoms with Crippen LogP contribution in [0.25, 0.3) is 0 Å². The molecule has 0 N–H and O–H groups in total. The van der Waals surface area contributed by atoms with Gasteiger partial charge < -0.3 is 14.5 Å². The topological polar surface area (TPSA) is 49.9 Å². The number of rotatable bonds is 2. The van der Waals surface area contributed by atoms with E-state index in [0.29, 0.717) is 25.4 Å². The second kappa shape index (κ2) is 5.80. The van der Waals surface area contributed by atoms with Crippen LogP contribution in [0, 0.1) is 5.92 Å². The van der Waals surface area contributed by atoms with Crippen molar-refractivity contribution in [2.75, 3.05) is 26.7 Å². The molecular formula is C19H24N2O3. The molecule has 2 amide bonds. The minimum Gasteiger partial charge on any atom is -0.439 e. The number of benzene rings is 1. The predicted octanol–water partition coefficient (Wildman–Crippen LogP) is 2.23. The van der Waals surface area contributed by atoms with E-state index in [2.05, 4.69) is 24.3 Å². The summed E-state index contributed by atoms with van der Waals surface area (Å²) in [5.41, 5.74) is 2.28. The third-order valence-corrected chi connectivity index (χ3v) is 5.63. The Morgan fingerprint density at radius 3 is 2.58 bits per heavy atom. The van der Waals surface area contributed by atoms with Crippen LogP contribution in [0.5, 0.6) is 0 Å². The molecule has 2 heterocycles. The van der Waals surface area contributed by atoms with Gasteiger partial charge in [-0.2, -0.15) is 0 Å². The van der Waals surface area contributed by atoms with Crippen molar-refractivity contribution in [1.29, 1.82) is 0 Å². The highest BCUT2D eigenvalue weighted by Crippen LogP contribution is 2.33. The molecule has 5 nitrogen and oxygen atoms in total. The summed E-state index contributed by atoms with van der Waals surface area (Å²) in [5, 5.41) is 0. The van der Waals surface area contributed by atoms with Crippen molar-refractivity contribution in [1.82, 2.24) is 9.80 Å². The molecular weight excluding hydrogens is 304 g/mol. The molecule has 2 aliphatic heterocycles. The molecule has 3 aliphatic rings. The number of hydrogen-bond donors (Lipinski definition) is 0. The van der Waals surface area contributed by atoms with Crippen LogP contribution in [0.3, 0.4) is 0 Å². The fourth-order valence-electron chi connectivity index (χ4n) is 4.49. The first-order chi connectivity index (χ1) is 11.5. The van der Waals surface area contributed by atoms with Gasteiger partial charge in [0.1, 0.15) is 5.60 Å². The number of ether oxygens (including phenoxy) is 1. The van der Waals surface area contributed by atoms with Crippen LogP contribution in [0.15, 0.2) is 24.3 Å². The van der Waals surface area contributed by atoms with E-state index in [0.717, 1.165) is 32.2 Å². The number of nitrogens with zero attached hydrogens (tertiary/aromatic N) is 2. The fourth-order valence-corrected chi connectivity index (χ4v) is 4.49. The van der Waals surface area contributed by atoms with Crippen molar-refractivity contribution in [3.05, 3.63) is 35.4 Å². The van der Waals surface area contributed by atoms with Gasteiger partial charge in [-0.05, 0) is 42.7 Å². The zero-order chi connectivity index (χ0) is 16.7. The van der Waals surface area contributed by atoms with Crippen LogP contribution in [-0.4, -0.2) is 54.1 Å². The quantitative estimate of drug-likeness (QED) is 0.836. The summed E-state index contributed by atoms with van der Waals surface area (Å²) in [4.78, 5) is 28.0. The molecule has 4 rings (SSSR count). The number of carbonyl (C=O) groups is 2. The largest absolute Gasteiger partial charge is 0.439 e. The lowest BCUT2D eigenvalue weighted by Crippen LogP contribution is -2.52. The third-order valence-electron chi connectivity index (χ3n) is 5.63. The van der Waals surface area contributed by atoms with Crippen molar-refractivity contribution in [2.45, 2.75) is 37.7 Å². The molecule has 2 fully saturated rings. The Morgan fingerprint density at radius 1 is 1.25 bits per heavy atom. The first-order valence-corrected chi connectivity index (χ1v) is 8.83. The first-order valence-electron chi connectivity index (χ1n) is 8.83. The van der Waals surface area contributed by atoms with Gasteiger partial charge in [-0.1, -0.05) is 24.3 Å². The Kier molecular flexibility index (Phi) is 3.74. The highest BCUT2D eigenvalue weighted by molar-refractivity contribution is 5.77. The molecule has 1 spiro atoms. The highest BCUT2D eigenvalue weighted by atomic mass is 16.6. The summed E-state index contributed by atoms with van der Waals surface area (Å²) in [6.07, 6.45) is 4.07. The van der Waals surface area contributed by atoms with Crippen molar-refractivity contribution >= 4 is 12.0 Å². The SMILES string of the molecule is CN1C[C@@]2(CCCN(C(=O)CC3Cc4ccccc4C3)C2)OC1=O. The molecule has 1 aromatic carbocycles. The molecule has 0 aromatic heterocycles. The lowest BCUT2D eigenvalue weighted by Gasteiger charge is -2.38. The van der Waals surface area contributed by atoms with E-state index in [1.807, 2.05) is 4.90 Å². The smallest absolute Gasteiger partial charge is 0.410 e.